The lowest BCUT2D eigenvalue weighted by molar-refractivity contribution is 0.726. The van der Waals surface area contributed by atoms with E-state index in [0.29, 0.717) is 5.02 Å². The van der Waals surface area contributed by atoms with Crippen molar-refractivity contribution in [3.8, 4) is 0 Å². The Balaban J connectivity index is 2.25. The third-order valence-corrected chi connectivity index (χ3v) is 3.59. The topological polar surface area (TPSA) is 28.2 Å². The second-order valence-electron chi connectivity index (χ2n) is 4.81. The number of benzene rings is 1. The first-order valence-electron chi connectivity index (χ1n) is 6.77. The van der Waals surface area contributed by atoms with E-state index in [1.54, 1.807) is 6.20 Å². The largest absolute Gasteiger partial charge is 0.329 e. The van der Waals surface area contributed by atoms with Crippen LogP contribution >= 0.6 is 11.6 Å². The van der Waals surface area contributed by atoms with Gasteiger partial charge >= 0.3 is 0 Å². The molecule has 0 aliphatic rings. The zero-order valence-corrected chi connectivity index (χ0v) is 12.9. The predicted octanol–water partition coefficient (Wildman–Crippen LogP) is 3.92. The van der Waals surface area contributed by atoms with Crippen molar-refractivity contribution in [1.82, 2.24) is 10.3 Å². The van der Waals surface area contributed by atoms with Crippen molar-refractivity contribution >= 4 is 23.1 Å². The number of anilines is 2. The molecule has 0 aliphatic heterocycles. The minimum Gasteiger partial charge on any atom is -0.329 e. The molecular formula is C16H20ClN3. The van der Waals surface area contributed by atoms with Crippen molar-refractivity contribution in [1.29, 1.82) is 0 Å². The van der Waals surface area contributed by atoms with E-state index in [1.165, 1.54) is 5.56 Å². The Morgan fingerprint density at radius 2 is 1.95 bits per heavy atom. The van der Waals surface area contributed by atoms with E-state index in [1.807, 2.05) is 13.1 Å². The van der Waals surface area contributed by atoms with Crippen LogP contribution in [0.4, 0.5) is 11.5 Å². The minimum absolute atomic E-state index is 0.701. The number of hydrogen-bond donors (Lipinski definition) is 1. The molecular weight excluding hydrogens is 270 g/mol. The van der Waals surface area contributed by atoms with Gasteiger partial charge in [0, 0.05) is 25.5 Å². The summed E-state index contributed by atoms with van der Waals surface area (Å²) >= 11 is 6.18. The fraction of sp³-hybridized carbons (Fsp3) is 0.312. The van der Waals surface area contributed by atoms with Crippen LogP contribution in [0.2, 0.25) is 5.02 Å². The Kier molecular flexibility index (Phi) is 4.99. The highest BCUT2D eigenvalue weighted by Gasteiger charge is 2.08. The minimum atomic E-state index is 0.701. The van der Waals surface area contributed by atoms with Crippen LogP contribution in [-0.2, 0) is 6.54 Å². The molecule has 106 valence electrons. The lowest BCUT2D eigenvalue weighted by atomic mass is 10.2. The Labute approximate surface area is 125 Å². The Morgan fingerprint density at radius 3 is 2.60 bits per heavy atom. The molecule has 1 heterocycles. The molecule has 3 nitrogen and oxygen atoms in total. The Bertz CT molecular complexity index is 566. The van der Waals surface area contributed by atoms with Crippen LogP contribution in [-0.4, -0.2) is 18.6 Å². The molecule has 0 spiro atoms. The molecule has 2 aromatic rings. The number of rotatable bonds is 5. The van der Waals surface area contributed by atoms with E-state index in [4.69, 9.17) is 11.6 Å². The van der Waals surface area contributed by atoms with Crippen molar-refractivity contribution in [3.05, 3.63) is 52.7 Å². The number of aromatic nitrogens is 1. The first-order valence-corrected chi connectivity index (χ1v) is 7.15. The number of pyridine rings is 1. The number of halogens is 1. The van der Waals surface area contributed by atoms with Gasteiger partial charge in [-0.25, -0.2) is 4.98 Å². The maximum absolute atomic E-state index is 6.18. The smallest absolute Gasteiger partial charge is 0.133 e. The summed E-state index contributed by atoms with van der Waals surface area (Å²) in [5.74, 6) is 0.895. The van der Waals surface area contributed by atoms with Crippen LogP contribution in [0.5, 0.6) is 0 Å². The van der Waals surface area contributed by atoms with E-state index >= 15 is 0 Å². The molecule has 0 saturated heterocycles. The van der Waals surface area contributed by atoms with Gasteiger partial charge in [0.25, 0.3) is 0 Å². The van der Waals surface area contributed by atoms with Crippen molar-refractivity contribution in [2.45, 2.75) is 20.4 Å². The van der Waals surface area contributed by atoms with Crippen molar-refractivity contribution in [3.63, 3.8) is 0 Å². The van der Waals surface area contributed by atoms with Crippen LogP contribution in [0.3, 0.4) is 0 Å². The van der Waals surface area contributed by atoms with Crippen LogP contribution in [0.1, 0.15) is 18.1 Å². The maximum atomic E-state index is 6.18. The second kappa shape index (κ2) is 6.73. The standard InChI is InChI=1S/C16H20ClN3/c1-4-18-10-13-9-16(19-11-15(13)17)20(3)14-7-5-12(2)6-8-14/h5-9,11,18H,4,10H2,1-3H3. The van der Waals surface area contributed by atoms with Crippen molar-refractivity contribution in [2.75, 3.05) is 18.5 Å². The molecule has 0 bridgehead atoms. The zero-order valence-electron chi connectivity index (χ0n) is 12.2. The molecule has 0 radical (unpaired) electrons. The number of nitrogens with one attached hydrogen (secondary N) is 1. The molecule has 0 unspecified atom stereocenters. The molecule has 0 atom stereocenters. The van der Waals surface area contributed by atoms with Gasteiger partial charge in [0.1, 0.15) is 5.82 Å². The lowest BCUT2D eigenvalue weighted by Gasteiger charge is -2.19. The molecule has 0 amide bonds. The van der Waals surface area contributed by atoms with E-state index in [9.17, 15) is 0 Å². The fourth-order valence-electron chi connectivity index (χ4n) is 1.95. The zero-order chi connectivity index (χ0) is 14.5. The van der Waals surface area contributed by atoms with E-state index in [2.05, 4.69) is 53.3 Å². The highest BCUT2D eigenvalue weighted by Crippen LogP contribution is 2.25. The van der Waals surface area contributed by atoms with Crippen LogP contribution in [0.25, 0.3) is 0 Å². The van der Waals surface area contributed by atoms with Gasteiger partial charge < -0.3 is 10.2 Å². The molecule has 2 rings (SSSR count). The summed E-state index contributed by atoms with van der Waals surface area (Å²) in [5.41, 5.74) is 3.43. The highest BCUT2D eigenvalue weighted by molar-refractivity contribution is 6.31. The van der Waals surface area contributed by atoms with E-state index in [0.717, 1.165) is 30.2 Å². The van der Waals surface area contributed by atoms with Crippen LogP contribution in [0, 0.1) is 6.92 Å². The Morgan fingerprint density at radius 1 is 1.25 bits per heavy atom. The number of hydrogen-bond acceptors (Lipinski definition) is 3. The molecule has 0 fully saturated rings. The number of aryl methyl sites for hydroxylation is 1. The monoisotopic (exact) mass is 289 g/mol. The molecule has 0 aliphatic carbocycles. The highest BCUT2D eigenvalue weighted by atomic mass is 35.5. The SMILES string of the molecule is CCNCc1cc(N(C)c2ccc(C)cc2)ncc1Cl. The molecule has 1 aromatic carbocycles. The summed E-state index contributed by atoms with van der Waals surface area (Å²) in [7, 11) is 2.01. The van der Waals surface area contributed by atoms with Gasteiger partial charge in [-0.15, -0.1) is 0 Å². The van der Waals surface area contributed by atoms with Gasteiger partial charge in [0.15, 0.2) is 0 Å². The van der Waals surface area contributed by atoms with Gasteiger partial charge in [-0.1, -0.05) is 36.2 Å². The van der Waals surface area contributed by atoms with Gasteiger partial charge in [-0.2, -0.15) is 0 Å². The van der Waals surface area contributed by atoms with Gasteiger partial charge in [0.05, 0.1) is 5.02 Å². The summed E-state index contributed by atoms with van der Waals surface area (Å²) in [6, 6.07) is 10.4. The predicted molar refractivity (Wildman–Crippen MR) is 85.9 cm³/mol. The van der Waals surface area contributed by atoms with Crippen molar-refractivity contribution in [2.24, 2.45) is 0 Å². The summed E-state index contributed by atoms with van der Waals surface area (Å²) in [4.78, 5) is 6.47. The maximum Gasteiger partial charge on any atom is 0.133 e. The van der Waals surface area contributed by atoms with E-state index < -0.39 is 0 Å². The van der Waals surface area contributed by atoms with Crippen molar-refractivity contribution < 1.29 is 0 Å². The Hall–Kier alpha value is -1.58. The average Bonchev–Trinajstić information content (AvgIpc) is 2.46. The quantitative estimate of drug-likeness (QED) is 0.904. The molecule has 1 aromatic heterocycles. The molecule has 4 heteroatoms. The molecule has 20 heavy (non-hydrogen) atoms. The molecule has 1 N–H and O–H groups in total. The third kappa shape index (κ3) is 3.50. The first kappa shape index (κ1) is 14.8. The lowest BCUT2D eigenvalue weighted by Crippen LogP contribution is -2.15. The van der Waals surface area contributed by atoms with Gasteiger partial charge in [0.2, 0.25) is 0 Å². The third-order valence-electron chi connectivity index (χ3n) is 3.25. The summed E-state index contributed by atoms with van der Waals surface area (Å²) in [5, 5.41) is 3.99. The summed E-state index contributed by atoms with van der Waals surface area (Å²) in [6.45, 7) is 5.83. The van der Waals surface area contributed by atoms with Crippen LogP contribution in [0.15, 0.2) is 36.5 Å². The summed E-state index contributed by atoms with van der Waals surface area (Å²) < 4.78 is 0. The summed E-state index contributed by atoms with van der Waals surface area (Å²) in [6.07, 6.45) is 1.72. The second-order valence-corrected chi connectivity index (χ2v) is 5.22. The average molecular weight is 290 g/mol. The van der Waals surface area contributed by atoms with Gasteiger partial charge in [-0.05, 0) is 37.2 Å². The van der Waals surface area contributed by atoms with E-state index in [-0.39, 0.29) is 0 Å². The first-order chi connectivity index (χ1) is 9.61. The molecule has 0 saturated carbocycles. The van der Waals surface area contributed by atoms with Gasteiger partial charge in [-0.3, -0.25) is 0 Å². The fourth-order valence-corrected chi connectivity index (χ4v) is 2.12. The number of nitrogens with zero attached hydrogens (tertiary/aromatic N) is 2. The van der Waals surface area contributed by atoms with Crippen LogP contribution < -0.4 is 10.2 Å². The normalized spacial score (nSPS) is 10.6.